The zero-order chi connectivity index (χ0) is 47.2. The number of rotatable bonds is 13. The van der Waals surface area contributed by atoms with Crippen molar-refractivity contribution in [3.63, 3.8) is 0 Å². The molecule has 5 nitrogen and oxygen atoms in total. The lowest BCUT2D eigenvalue weighted by Gasteiger charge is -2.25. The van der Waals surface area contributed by atoms with Crippen LogP contribution in [0.3, 0.4) is 0 Å². The van der Waals surface area contributed by atoms with Gasteiger partial charge < -0.3 is 19.1 Å². The van der Waals surface area contributed by atoms with Gasteiger partial charge in [-0.2, -0.15) is 0 Å². The summed E-state index contributed by atoms with van der Waals surface area (Å²) < 4.78 is 8.02. The molecule has 5 heteroatoms. The lowest BCUT2D eigenvalue weighted by Crippen LogP contribution is -2.28. The van der Waals surface area contributed by atoms with Crippen LogP contribution in [-0.4, -0.2) is 10.5 Å². The molecule has 67 heavy (non-hydrogen) atoms. The Morgan fingerprint density at radius 1 is 0.463 bits per heavy atom. The smallest absolute Gasteiger partial charge is 0.316 e. The number of ether oxygens (including phenoxy) is 1. The molecular weight excluding hydrogens is 819 g/mol. The molecule has 0 aliphatic rings. The molecule has 9 rings (SSSR count). The van der Waals surface area contributed by atoms with Crippen LogP contribution >= 0.6 is 0 Å². The molecule has 1 aromatic heterocycles. The minimum Gasteiger partial charge on any atom is -0.426 e. The predicted octanol–water partition coefficient (Wildman–Crippen LogP) is 17.9. The number of hydrogen-bond acceptors (Lipinski definition) is 4. The highest BCUT2D eigenvalue weighted by atomic mass is 16.5. The number of anilines is 6. The predicted molar refractivity (Wildman–Crippen MR) is 285 cm³/mol. The number of nitrogens with zero attached hydrogens (tertiary/aromatic N) is 3. The number of carbonyl (C=O) groups excluding carboxylic acids is 1. The fraction of sp³-hybridized carbons (Fsp3) is 0.210. The monoisotopic (exact) mass is 884 g/mol. The van der Waals surface area contributed by atoms with Crippen LogP contribution in [0.1, 0.15) is 85.3 Å². The van der Waals surface area contributed by atoms with Gasteiger partial charge in [-0.25, -0.2) is 0 Å². The van der Waals surface area contributed by atoms with Gasteiger partial charge in [-0.1, -0.05) is 149 Å². The minimum atomic E-state index is -0.487. The number of aromatic nitrogens is 1. The molecule has 0 spiro atoms. The van der Waals surface area contributed by atoms with E-state index in [1.807, 2.05) is 81.4 Å². The highest BCUT2D eigenvalue weighted by Crippen LogP contribution is 2.37. The minimum absolute atomic E-state index is 0.208. The van der Waals surface area contributed by atoms with Crippen LogP contribution in [0.15, 0.2) is 218 Å². The Morgan fingerprint density at radius 2 is 0.806 bits per heavy atom. The Balaban J connectivity index is 0.000000153. The van der Waals surface area contributed by atoms with Crippen LogP contribution in [0, 0.1) is 5.41 Å². The van der Waals surface area contributed by atoms with Crippen LogP contribution in [0.25, 0.3) is 21.8 Å². The van der Waals surface area contributed by atoms with E-state index in [9.17, 15) is 4.79 Å². The van der Waals surface area contributed by atoms with Crippen LogP contribution in [0.5, 0.6) is 5.75 Å². The van der Waals surface area contributed by atoms with Gasteiger partial charge in [0, 0.05) is 62.0 Å². The maximum atomic E-state index is 12.3. The molecule has 340 valence electrons. The molecule has 0 saturated heterocycles. The molecule has 9 aromatic rings. The first-order valence-corrected chi connectivity index (χ1v) is 23.8. The van der Waals surface area contributed by atoms with Crippen molar-refractivity contribution >= 4 is 61.9 Å². The fourth-order valence-electron chi connectivity index (χ4n) is 8.05. The summed E-state index contributed by atoms with van der Waals surface area (Å²) in [6.45, 7) is 14.8. The van der Waals surface area contributed by atoms with Crippen molar-refractivity contribution in [1.29, 1.82) is 0 Å². The highest BCUT2D eigenvalue weighted by molar-refractivity contribution is 6.08. The fourth-order valence-corrected chi connectivity index (χ4v) is 8.05. The normalized spacial score (nSPS) is 11.9. The lowest BCUT2D eigenvalue weighted by atomic mass is 9.91. The number of fused-ring (bicyclic) bond motifs is 3. The van der Waals surface area contributed by atoms with Gasteiger partial charge in [0.2, 0.25) is 0 Å². The van der Waals surface area contributed by atoms with Gasteiger partial charge >= 0.3 is 5.97 Å². The standard InChI is InChI=1S/C24H25NO2.C22H23N.C16H17N/c1-4-24(2,3)23(26)27-22-17-15-21(16-18-22)25(19-11-7-5-8-12-19)20-13-9-6-10-14-20;1-3-18(2)19-14-16-22(17-15-19)23(20-10-6-4-7-11-20)21-12-8-5-9-13-21;1-3-12(2)17-15-10-6-4-8-13(15)14-9-5-7-11-16(14)17/h5-18H,4H2,1-3H3;4-18H,3H2,1-2H3;4-12H,3H2,1-2H3. The summed E-state index contributed by atoms with van der Waals surface area (Å²) in [6, 6.07) is 75.9. The third kappa shape index (κ3) is 11.5. The third-order valence-corrected chi connectivity index (χ3v) is 12.8. The summed E-state index contributed by atoms with van der Waals surface area (Å²) in [5.41, 5.74) is 10.3. The van der Waals surface area contributed by atoms with Crippen molar-refractivity contribution in [2.24, 2.45) is 5.41 Å². The van der Waals surface area contributed by atoms with Crippen molar-refractivity contribution < 1.29 is 9.53 Å². The molecule has 2 unspecified atom stereocenters. The first-order chi connectivity index (χ1) is 32.6. The summed E-state index contributed by atoms with van der Waals surface area (Å²) in [4.78, 5) is 16.8. The topological polar surface area (TPSA) is 37.7 Å². The lowest BCUT2D eigenvalue weighted by molar-refractivity contribution is -0.144. The van der Waals surface area contributed by atoms with Crippen LogP contribution < -0.4 is 14.5 Å². The molecule has 0 aliphatic heterocycles. The van der Waals surface area contributed by atoms with Crippen molar-refractivity contribution in [1.82, 2.24) is 4.57 Å². The van der Waals surface area contributed by atoms with Crippen LogP contribution in [0.4, 0.5) is 34.1 Å². The van der Waals surface area contributed by atoms with Crippen LogP contribution in [0.2, 0.25) is 0 Å². The molecule has 8 aromatic carbocycles. The SMILES string of the molecule is CCC(C)(C)C(=O)Oc1ccc(N(c2ccccc2)c2ccccc2)cc1.CCC(C)c1ccc(N(c2ccccc2)c2ccccc2)cc1.CCC(C)n1c2ccccc2c2ccccc21. The van der Waals surface area contributed by atoms with Gasteiger partial charge in [0.1, 0.15) is 5.75 Å². The largest absolute Gasteiger partial charge is 0.426 e. The van der Waals surface area contributed by atoms with Crippen LogP contribution in [-0.2, 0) is 4.79 Å². The highest BCUT2D eigenvalue weighted by Gasteiger charge is 2.27. The first-order valence-electron chi connectivity index (χ1n) is 23.8. The molecule has 0 fully saturated rings. The maximum absolute atomic E-state index is 12.3. The van der Waals surface area contributed by atoms with E-state index < -0.39 is 5.41 Å². The summed E-state index contributed by atoms with van der Waals surface area (Å²) in [5, 5.41) is 2.73. The zero-order valence-electron chi connectivity index (χ0n) is 40.2. The average Bonchev–Trinajstić information content (AvgIpc) is 3.73. The number of benzene rings is 8. The molecule has 0 bridgehead atoms. The van der Waals surface area contributed by atoms with Gasteiger partial charge in [-0.3, -0.25) is 4.79 Å². The summed E-state index contributed by atoms with van der Waals surface area (Å²) in [5.74, 6) is 0.957. The van der Waals surface area contributed by atoms with E-state index in [4.69, 9.17) is 4.74 Å². The zero-order valence-corrected chi connectivity index (χ0v) is 40.2. The van der Waals surface area contributed by atoms with E-state index in [1.165, 1.54) is 50.9 Å². The molecule has 0 N–H and O–H groups in total. The summed E-state index contributed by atoms with van der Waals surface area (Å²) in [6.07, 6.45) is 3.06. The first kappa shape index (κ1) is 47.6. The summed E-state index contributed by atoms with van der Waals surface area (Å²) >= 11 is 0. The number of esters is 1. The van der Waals surface area contributed by atoms with Crippen molar-refractivity contribution in [2.45, 2.75) is 79.7 Å². The van der Waals surface area contributed by atoms with Crippen molar-refractivity contribution in [2.75, 3.05) is 9.80 Å². The molecule has 0 aliphatic carbocycles. The second-order valence-corrected chi connectivity index (χ2v) is 17.7. The molecule has 0 radical (unpaired) electrons. The van der Waals surface area contributed by atoms with E-state index >= 15 is 0 Å². The Morgan fingerprint density at radius 3 is 1.16 bits per heavy atom. The molecule has 2 atom stereocenters. The van der Waals surface area contributed by atoms with E-state index in [1.54, 1.807) is 0 Å². The molecule has 0 saturated carbocycles. The Kier molecular flexibility index (Phi) is 16.1. The number of para-hydroxylation sites is 6. The van der Waals surface area contributed by atoms with E-state index in [2.05, 4.69) is 200 Å². The van der Waals surface area contributed by atoms with E-state index in [0.717, 1.165) is 29.9 Å². The van der Waals surface area contributed by atoms with Gasteiger partial charge in [0.05, 0.1) is 5.41 Å². The van der Waals surface area contributed by atoms with Gasteiger partial charge in [-0.15, -0.1) is 0 Å². The second kappa shape index (κ2) is 22.7. The van der Waals surface area contributed by atoms with Gasteiger partial charge in [-0.05, 0) is 149 Å². The van der Waals surface area contributed by atoms with Gasteiger partial charge in [0.25, 0.3) is 0 Å². The van der Waals surface area contributed by atoms with Gasteiger partial charge in [0.15, 0.2) is 0 Å². The van der Waals surface area contributed by atoms with Crippen molar-refractivity contribution in [3.8, 4) is 5.75 Å². The average molecular weight is 884 g/mol. The Hall–Kier alpha value is -7.37. The third-order valence-electron chi connectivity index (χ3n) is 12.8. The maximum Gasteiger partial charge on any atom is 0.316 e. The van der Waals surface area contributed by atoms with Crippen molar-refractivity contribution in [3.05, 3.63) is 224 Å². The molecular formula is C62H65N3O2. The quantitative estimate of drug-likeness (QED) is 0.0854. The molecule has 0 amide bonds. The molecule has 1 heterocycles. The summed E-state index contributed by atoms with van der Waals surface area (Å²) in [7, 11) is 0. The Bertz CT molecular complexity index is 2760. The second-order valence-electron chi connectivity index (χ2n) is 17.7. The van der Waals surface area contributed by atoms with E-state index in [-0.39, 0.29) is 5.97 Å². The number of carbonyl (C=O) groups is 1. The number of hydrogen-bond donors (Lipinski definition) is 0. The Labute approximate surface area is 398 Å². The van der Waals surface area contributed by atoms with E-state index in [0.29, 0.717) is 17.7 Å².